The summed E-state index contributed by atoms with van der Waals surface area (Å²) < 4.78 is 10.1. The van der Waals surface area contributed by atoms with Crippen molar-refractivity contribution in [3.63, 3.8) is 0 Å². The fraction of sp³-hybridized carbons (Fsp3) is 0.300. The van der Waals surface area contributed by atoms with Gasteiger partial charge in [-0.1, -0.05) is 6.07 Å². The first-order valence-corrected chi connectivity index (χ1v) is 8.31. The number of esters is 1. The van der Waals surface area contributed by atoms with Crippen molar-refractivity contribution in [1.82, 2.24) is 0 Å². The smallest absolute Gasteiger partial charge is 0.338 e. The lowest BCUT2D eigenvalue weighted by atomic mass is 9.96. The van der Waals surface area contributed by atoms with Crippen LogP contribution in [0.5, 0.6) is 5.75 Å². The van der Waals surface area contributed by atoms with Gasteiger partial charge in [-0.05, 0) is 62.6 Å². The first-order valence-electron chi connectivity index (χ1n) is 8.31. The molecule has 27 heavy (non-hydrogen) atoms. The Balaban J connectivity index is 2.33. The standard InChI is InChI=1S/C20H21NO6/c1-11-8-13(3)16(9-12(11)2)19(22)14(4)27-18-7-6-15(20(23)26-5)10-17(18)21(24)25/h6-10,14H,1-5H3/t14-/m0/s1. The molecule has 7 heteroatoms. The van der Waals surface area contributed by atoms with E-state index in [9.17, 15) is 19.7 Å². The molecule has 0 aliphatic rings. The quantitative estimate of drug-likeness (QED) is 0.330. The average Bonchev–Trinajstić information content (AvgIpc) is 2.63. The Kier molecular flexibility index (Phi) is 5.95. The monoisotopic (exact) mass is 371 g/mol. The van der Waals surface area contributed by atoms with E-state index in [0.717, 1.165) is 22.8 Å². The first kappa shape index (κ1) is 20.1. The Bertz CT molecular complexity index is 919. The highest BCUT2D eigenvalue weighted by Gasteiger charge is 2.25. The number of ketones is 1. The fourth-order valence-electron chi connectivity index (χ4n) is 2.69. The summed E-state index contributed by atoms with van der Waals surface area (Å²) in [6, 6.07) is 7.43. The molecule has 2 aromatic rings. The van der Waals surface area contributed by atoms with Crippen LogP contribution in [0.1, 0.15) is 44.3 Å². The topological polar surface area (TPSA) is 95.7 Å². The van der Waals surface area contributed by atoms with Crippen molar-refractivity contribution < 1.29 is 24.0 Å². The summed E-state index contributed by atoms with van der Waals surface area (Å²) in [5.74, 6) is -1.06. The number of ether oxygens (including phenoxy) is 2. The van der Waals surface area contributed by atoms with Crippen molar-refractivity contribution in [3.05, 3.63) is 68.3 Å². The van der Waals surface area contributed by atoms with Gasteiger partial charge >= 0.3 is 11.7 Å². The Morgan fingerprint density at radius 3 is 2.26 bits per heavy atom. The van der Waals surface area contributed by atoms with Crippen molar-refractivity contribution >= 4 is 17.4 Å². The molecule has 0 saturated carbocycles. The third-order valence-electron chi connectivity index (χ3n) is 4.36. The zero-order chi connectivity index (χ0) is 20.3. The largest absolute Gasteiger partial charge is 0.475 e. The fourth-order valence-corrected chi connectivity index (χ4v) is 2.69. The van der Waals surface area contributed by atoms with Gasteiger partial charge in [0.25, 0.3) is 0 Å². The van der Waals surface area contributed by atoms with Gasteiger partial charge in [-0.2, -0.15) is 0 Å². The Hall–Kier alpha value is -3.22. The van der Waals surface area contributed by atoms with Gasteiger partial charge in [0.1, 0.15) is 0 Å². The van der Waals surface area contributed by atoms with Crippen LogP contribution in [0.25, 0.3) is 0 Å². The van der Waals surface area contributed by atoms with Crippen LogP contribution in [0.15, 0.2) is 30.3 Å². The van der Waals surface area contributed by atoms with Crippen molar-refractivity contribution in [2.45, 2.75) is 33.8 Å². The molecule has 2 aromatic carbocycles. The number of nitro groups is 1. The molecule has 0 aromatic heterocycles. The molecule has 0 aliphatic heterocycles. The molecular formula is C20H21NO6. The lowest BCUT2D eigenvalue weighted by molar-refractivity contribution is -0.386. The molecule has 0 saturated heterocycles. The van der Waals surface area contributed by atoms with Crippen LogP contribution < -0.4 is 4.74 Å². The van der Waals surface area contributed by atoms with Gasteiger partial charge in [0.05, 0.1) is 17.6 Å². The van der Waals surface area contributed by atoms with Crippen LogP contribution in [-0.2, 0) is 4.74 Å². The van der Waals surface area contributed by atoms with E-state index in [-0.39, 0.29) is 17.1 Å². The number of carbonyl (C=O) groups excluding carboxylic acids is 2. The molecule has 0 radical (unpaired) electrons. The van der Waals surface area contributed by atoms with Crippen molar-refractivity contribution in [3.8, 4) is 5.75 Å². The second kappa shape index (κ2) is 7.99. The second-order valence-electron chi connectivity index (χ2n) is 6.31. The number of carbonyl (C=O) groups is 2. The summed E-state index contributed by atoms with van der Waals surface area (Å²) in [6.07, 6.45) is -0.937. The van der Waals surface area contributed by atoms with E-state index in [1.165, 1.54) is 26.2 Å². The molecule has 7 nitrogen and oxygen atoms in total. The second-order valence-corrected chi connectivity index (χ2v) is 6.31. The molecule has 0 amide bonds. The van der Waals surface area contributed by atoms with Crippen molar-refractivity contribution in [1.29, 1.82) is 0 Å². The van der Waals surface area contributed by atoms with Crippen LogP contribution in [0.4, 0.5) is 5.69 Å². The molecule has 1 atom stereocenters. The number of hydrogen-bond donors (Lipinski definition) is 0. The highest BCUT2D eigenvalue weighted by molar-refractivity contribution is 6.01. The maximum absolute atomic E-state index is 12.8. The van der Waals surface area contributed by atoms with Gasteiger partial charge in [-0.25, -0.2) is 4.79 Å². The molecule has 0 N–H and O–H groups in total. The molecule has 2 rings (SSSR count). The molecule has 0 fully saturated rings. The van der Waals surface area contributed by atoms with Gasteiger partial charge < -0.3 is 9.47 Å². The number of rotatable bonds is 6. The number of nitrogens with zero attached hydrogens (tertiary/aromatic N) is 1. The zero-order valence-electron chi connectivity index (χ0n) is 15.9. The van der Waals surface area contributed by atoms with Gasteiger partial charge in [-0.3, -0.25) is 14.9 Å². The lowest BCUT2D eigenvalue weighted by Crippen LogP contribution is -2.25. The Labute approximate surface area is 157 Å². The summed E-state index contributed by atoms with van der Waals surface area (Å²) in [4.78, 5) is 35.0. The summed E-state index contributed by atoms with van der Waals surface area (Å²) in [7, 11) is 1.19. The van der Waals surface area contributed by atoms with Crippen LogP contribution in [0.2, 0.25) is 0 Å². The molecule has 0 unspecified atom stereocenters. The van der Waals surface area contributed by atoms with Crippen molar-refractivity contribution in [2.24, 2.45) is 0 Å². The van der Waals surface area contributed by atoms with Crippen LogP contribution in [0.3, 0.4) is 0 Å². The predicted molar refractivity (Wildman–Crippen MR) is 99.5 cm³/mol. The number of hydrogen-bond acceptors (Lipinski definition) is 6. The SMILES string of the molecule is COC(=O)c1ccc(O[C@@H](C)C(=O)c2cc(C)c(C)cc2C)c([N+](=O)[O-])c1. The average molecular weight is 371 g/mol. The maximum atomic E-state index is 12.8. The summed E-state index contributed by atoms with van der Waals surface area (Å²) in [5, 5.41) is 11.3. The Morgan fingerprint density at radius 2 is 1.67 bits per heavy atom. The van der Waals surface area contributed by atoms with Crippen LogP contribution in [-0.4, -0.2) is 29.9 Å². The van der Waals surface area contributed by atoms with Crippen LogP contribution >= 0.6 is 0 Å². The van der Waals surface area contributed by atoms with E-state index in [2.05, 4.69) is 4.74 Å². The summed E-state index contributed by atoms with van der Waals surface area (Å²) >= 11 is 0. The number of benzene rings is 2. The molecule has 142 valence electrons. The van der Waals surface area contributed by atoms with Crippen molar-refractivity contribution in [2.75, 3.05) is 7.11 Å². The van der Waals surface area contributed by atoms with Crippen LogP contribution in [0, 0.1) is 30.9 Å². The lowest BCUT2D eigenvalue weighted by Gasteiger charge is -2.16. The van der Waals surface area contributed by atoms with E-state index >= 15 is 0 Å². The predicted octanol–water partition coefficient (Wildman–Crippen LogP) is 3.96. The van der Waals surface area contributed by atoms with Gasteiger partial charge in [0, 0.05) is 11.6 Å². The number of Topliss-reactive ketones (excluding diaryl/α,β-unsaturated/α-hetero) is 1. The minimum atomic E-state index is -0.937. The van der Waals surface area contributed by atoms with E-state index < -0.39 is 22.7 Å². The van der Waals surface area contributed by atoms with Gasteiger partial charge in [-0.15, -0.1) is 0 Å². The zero-order valence-corrected chi connectivity index (χ0v) is 15.9. The number of aryl methyl sites for hydroxylation is 3. The molecule has 0 bridgehead atoms. The highest BCUT2D eigenvalue weighted by atomic mass is 16.6. The minimum Gasteiger partial charge on any atom is -0.475 e. The third kappa shape index (κ3) is 4.31. The Morgan fingerprint density at radius 1 is 1.04 bits per heavy atom. The van der Waals surface area contributed by atoms with E-state index in [1.807, 2.05) is 26.8 Å². The van der Waals surface area contributed by atoms with E-state index in [1.54, 1.807) is 6.07 Å². The number of methoxy groups -OCH3 is 1. The number of nitro benzene ring substituents is 1. The minimum absolute atomic E-state index is 0.0283. The maximum Gasteiger partial charge on any atom is 0.338 e. The summed E-state index contributed by atoms with van der Waals surface area (Å²) in [6.45, 7) is 7.24. The molecule has 0 spiro atoms. The van der Waals surface area contributed by atoms with Gasteiger partial charge in [0.2, 0.25) is 5.78 Å². The molecule has 0 heterocycles. The molecular weight excluding hydrogens is 350 g/mol. The summed E-state index contributed by atoms with van der Waals surface area (Å²) in [5.41, 5.74) is 3.00. The first-order chi connectivity index (χ1) is 12.6. The normalized spacial score (nSPS) is 11.6. The van der Waals surface area contributed by atoms with Gasteiger partial charge in [0.15, 0.2) is 11.9 Å². The van der Waals surface area contributed by atoms with E-state index in [4.69, 9.17) is 4.74 Å². The highest BCUT2D eigenvalue weighted by Crippen LogP contribution is 2.30. The third-order valence-corrected chi connectivity index (χ3v) is 4.36. The molecule has 0 aliphatic carbocycles. The van der Waals surface area contributed by atoms with E-state index in [0.29, 0.717) is 5.56 Å².